The van der Waals surface area contributed by atoms with Crippen LogP contribution in [0.15, 0.2) is 30.3 Å². The zero-order valence-electron chi connectivity index (χ0n) is 13.7. The third kappa shape index (κ3) is 3.86. The third-order valence-corrected chi connectivity index (χ3v) is 5.37. The summed E-state index contributed by atoms with van der Waals surface area (Å²) >= 11 is 0. The Labute approximate surface area is 138 Å². The predicted molar refractivity (Wildman–Crippen MR) is 89.3 cm³/mol. The molecule has 1 aromatic carbocycles. The lowest BCUT2D eigenvalue weighted by Gasteiger charge is -2.42. The van der Waals surface area contributed by atoms with E-state index in [0.29, 0.717) is 13.0 Å². The van der Waals surface area contributed by atoms with E-state index in [1.165, 1.54) is 0 Å². The Hall–Kier alpha value is -1.55. The number of rotatable bonds is 5. The van der Waals surface area contributed by atoms with Crippen LogP contribution in [0.25, 0.3) is 0 Å². The summed E-state index contributed by atoms with van der Waals surface area (Å²) in [7, 11) is 0. The zero-order valence-corrected chi connectivity index (χ0v) is 13.7. The summed E-state index contributed by atoms with van der Waals surface area (Å²) in [6.45, 7) is 2.15. The SMILES string of the molecule is O=C(CCCOc1ccccc1)N1CCC[C@@]2(CCC[C@H]2O)C1. The molecule has 0 radical (unpaired) electrons. The summed E-state index contributed by atoms with van der Waals surface area (Å²) in [4.78, 5) is 14.4. The topological polar surface area (TPSA) is 49.8 Å². The Morgan fingerprint density at radius 2 is 2.04 bits per heavy atom. The van der Waals surface area contributed by atoms with Gasteiger partial charge in [-0.05, 0) is 44.2 Å². The zero-order chi connectivity index (χ0) is 16.1. The van der Waals surface area contributed by atoms with E-state index in [2.05, 4.69) is 0 Å². The Bertz CT molecular complexity index is 519. The van der Waals surface area contributed by atoms with Gasteiger partial charge in [-0.1, -0.05) is 24.6 Å². The van der Waals surface area contributed by atoms with Gasteiger partial charge in [0.2, 0.25) is 5.91 Å². The summed E-state index contributed by atoms with van der Waals surface area (Å²) < 4.78 is 5.64. The monoisotopic (exact) mass is 317 g/mol. The van der Waals surface area contributed by atoms with Gasteiger partial charge in [-0.25, -0.2) is 0 Å². The molecule has 1 heterocycles. The fourth-order valence-electron chi connectivity index (χ4n) is 4.06. The normalized spacial score (nSPS) is 27.3. The molecule has 126 valence electrons. The van der Waals surface area contributed by atoms with Gasteiger partial charge in [0.1, 0.15) is 5.75 Å². The van der Waals surface area contributed by atoms with Crippen molar-refractivity contribution in [2.45, 2.75) is 51.0 Å². The molecule has 4 heteroatoms. The van der Waals surface area contributed by atoms with Crippen molar-refractivity contribution in [1.29, 1.82) is 0 Å². The van der Waals surface area contributed by atoms with Gasteiger partial charge in [-0.3, -0.25) is 4.79 Å². The van der Waals surface area contributed by atoms with Crippen LogP contribution in [0, 0.1) is 5.41 Å². The summed E-state index contributed by atoms with van der Waals surface area (Å²) in [5.74, 6) is 1.06. The quantitative estimate of drug-likeness (QED) is 0.849. The Morgan fingerprint density at radius 1 is 1.26 bits per heavy atom. The Kier molecular flexibility index (Phi) is 5.21. The molecule has 0 bridgehead atoms. The molecular weight excluding hydrogens is 290 g/mol. The fraction of sp³-hybridized carbons (Fsp3) is 0.632. The van der Waals surface area contributed by atoms with Gasteiger partial charge in [0.05, 0.1) is 12.7 Å². The largest absolute Gasteiger partial charge is 0.494 e. The molecule has 1 saturated heterocycles. The second kappa shape index (κ2) is 7.35. The molecule has 1 aliphatic heterocycles. The molecule has 1 aliphatic carbocycles. The van der Waals surface area contributed by atoms with Crippen LogP contribution in [0.1, 0.15) is 44.9 Å². The van der Waals surface area contributed by atoms with Crippen LogP contribution in [0.4, 0.5) is 0 Å². The molecule has 1 aromatic rings. The smallest absolute Gasteiger partial charge is 0.222 e. The van der Waals surface area contributed by atoms with Crippen LogP contribution in [-0.2, 0) is 4.79 Å². The van der Waals surface area contributed by atoms with E-state index >= 15 is 0 Å². The maximum Gasteiger partial charge on any atom is 0.222 e. The number of benzene rings is 1. The second-order valence-corrected chi connectivity index (χ2v) is 6.95. The number of piperidine rings is 1. The number of amides is 1. The van der Waals surface area contributed by atoms with Crippen molar-refractivity contribution in [2.24, 2.45) is 5.41 Å². The van der Waals surface area contributed by atoms with Gasteiger partial charge in [0, 0.05) is 24.9 Å². The number of aliphatic hydroxyl groups excluding tert-OH is 1. The summed E-state index contributed by atoms with van der Waals surface area (Å²) in [5.41, 5.74) is -0.0194. The highest BCUT2D eigenvalue weighted by atomic mass is 16.5. The van der Waals surface area contributed by atoms with Crippen molar-refractivity contribution in [1.82, 2.24) is 4.90 Å². The molecule has 2 fully saturated rings. The van der Waals surface area contributed by atoms with Gasteiger partial charge in [0.15, 0.2) is 0 Å². The van der Waals surface area contributed by atoms with E-state index in [4.69, 9.17) is 4.74 Å². The van der Waals surface area contributed by atoms with Crippen molar-refractivity contribution in [3.8, 4) is 5.75 Å². The number of carbonyl (C=O) groups is 1. The molecule has 2 aliphatic rings. The average Bonchev–Trinajstić information content (AvgIpc) is 2.92. The molecule has 1 saturated carbocycles. The highest BCUT2D eigenvalue weighted by Crippen LogP contribution is 2.45. The molecule has 1 amide bonds. The number of aliphatic hydroxyl groups is 1. The van der Waals surface area contributed by atoms with E-state index in [0.717, 1.165) is 57.4 Å². The first kappa shape index (κ1) is 16.3. The molecule has 4 nitrogen and oxygen atoms in total. The molecule has 1 N–H and O–H groups in total. The van der Waals surface area contributed by atoms with Crippen LogP contribution < -0.4 is 4.74 Å². The van der Waals surface area contributed by atoms with Gasteiger partial charge >= 0.3 is 0 Å². The second-order valence-electron chi connectivity index (χ2n) is 6.95. The van der Waals surface area contributed by atoms with Crippen LogP contribution in [0.3, 0.4) is 0 Å². The predicted octanol–water partition coefficient (Wildman–Crippen LogP) is 3.00. The molecule has 2 atom stereocenters. The van der Waals surface area contributed by atoms with Crippen LogP contribution in [-0.4, -0.2) is 41.7 Å². The number of hydrogen-bond acceptors (Lipinski definition) is 3. The van der Waals surface area contributed by atoms with Crippen LogP contribution in [0.2, 0.25) is 0 Å². The summed E-state index contributed by atoms with van der Waals surface area (Å²) in [6.07, 6.45) is 6.17. The van der Waals surface area contributed by atoms with Gasteiger partial charge in [0.25, 0.3) is 0 Å². The minimum Gasteiger partial charge on any atom is -0.494 e. The van der Waals surface area contributed by atoms with E-state index < -0.39 is 0 Å². The Balaban J connectivity index is 1.43. The van der Waals surface area contributed by atoms with Gasteiger partial charge < -0.3 is 14.7 Å². The number of hydrogen-bond donors (Lipinski definition) is 1. The first-order valence-electron chi connectivity index (χ1n) is 8.83. The number of likely N-dealkylation sites (tertiary alicyclic amines) is 1. The highest BCUT2D eigenvalue weighted by Gasteiger charge is 2.45. The molecule has 0 aromatic heterocycles. The Morgan fingerprint density at radius 3 is 2.78 bits per heavy atom. The van der Waals surface area contributed by atoms with E-state index in [-0.39, 0.29) is 17.4 Å². The van der Waals surface area contributed by atoms with Gasteiger partial charge in [-0.2, -0.15) is 0 Å². The van der Waals surface area contributed by atoms with Gasteiger partial charge in [-0.15, -0.1) is 0 Å². The van der Waals surface area contributed by atoms with Crippen LogP contribution in [0.5, 0.6) is 5.75 Å². The molecule has 23 heavy (non-hydrogen) atoms. The number of ether oxygens (including phenoxy) is 1. The number of para-hydroxylation sites is 1. The standard InChI is InChI=1S/C19H27NO3/c21-17-9-4-11-19(17)12-6-13-20(15-19)18(22)10-5-14-23-16-7-2-1-3-8-16/h1-3,7-8,17,21H,4-6,9-15H2/t17-,19+/m1/s1. The van der Waals surface area contributed by atoms with E-state index in [1.54, 1.807) is 0 Å². The van der Waals surface area contributed by atoms with Crippen molar-refractivity contribution in [3.05, 3.63) is 30.3 Å². The molecule has 3 rings (SSSR count). The summed E-state index contributed by atoms with van der Waals surface area (Å²) in [5, 5.41) is 10.3. The van der Waals surface area contributed by atoms with Crippen LogP contribution >= 0.6 is 0 Å². The van der Waals surface area contributed by atoms with E-state index in [1.807, 2.05) is 35.2 Å². The number of carbonyl (C=O) groups excluding carboxylic acids is 1. The van der Waals surface area contributed by atoms with Crippen molar-refractivity contribution in [3.63, 3.8) is 0 Å². The third-order valence-electron chi connectivity index (χ3n) is 5.37. The molecular formula is C19H27NO3. The first-order valence-corrected chi connectivity index (χ1v) is 8.83. The lowest BCUT2D eigenvalue weighted by molar-refractivity contribution is -0.136. The first-order chi connectivity index (χ1) is 11.2. The number of nitrogens with zero attached hydrogens (tertiary/aromatic N) is 1. The van der Waals surface area contributed by atoms with Crippen molar-refractivity contribution < 1.29 is 14.6 Å². The minimum absolute atomic E-state index is 0.0194. The lowest BCUT2D eigenvalue weighted by Crippen LogP contribution is -2.49. The van der Waals surface area contributed by atoms with Crippen molar-refractivity contribution >= 4 is 5.91 Å². The summed E-state index contributed by atoms with van der Waals surface area (Å²) in [6, 6.07) is 9.70. The minimum atomic E-state index is -0.223. The average molecular weight is 317 g/mol. The highest BCUT2D eigenvalue weighted by molar-refractivity contribution is 5.76. The molecule has 1 spiro atoms. The lowest BCUT2D eigenvalue weighted by atomic mass is 9.76. The molecule has 0 unspecified atom stereocenters. The van der Waals surface area contributed by atoms with E-state index in [9.17, 15) is 9.90 Å². The maximum atomic E-state index is 12.4. The van der Waals surface area contributed by atoms with Crippen molar-refractivity contribution in [2.75, 3.05) is 19.7 Å². The fourth-order valence-corrected chi connectivity index (χ4v) is 4.06. The maximum absolute atomic E-state index is 12.4.